The Morgan fingerprint density at radius 3 is 2.62 bits per heavy atom. The molecular weight excluding hydrogens is 342 g/mol. The van der Waals surface area contributed by atoms with Crippen molar-refractivity contribution in [1.29, 1.82) is 0 Å². The van der Waals surface area contributed by atoms with Crippen molar-refractivity contribution in [2.75, 3.05) is 18.4 Å². The van der Waals surface area contributed by atoms with E-state index in [1.165, 1.54) is 66.4 Å². The van der Waals surface area contributed by atoms with Crippen LogP contribution in [0.4, 0.5) is 10.5 Å². The number of aryl methyl sites for hydroxylation is 2. The van der Waals surface area contributed by atoms with Gasteiger partial charge in [-0.2, -0.15) is 0 Å². The van der Waals surface area contributed by atoms with Gasteiger partial charge in [-0.05, 0) is 104 Å². The van der Waals surface area contributed by atoms with Gasteiger partial charge in [0.15, 0.2) is 0 Å². The van der Waals surface area contributed by atoms with E-state index in [-0.39, 0.29) is 6.03 Å². The first-order valence-corrected chi connectivity index (χ1v) is 10.9. The monoisotopic (exact) mass is 371 g/mol. The Balaban J connectivity index is 1.36. The number of nitrogens with zero attached hydrogens (tertiary/aromatic N) is 1. The Morgan fingerprint density at radius 1 is 1.19 bits per heavy atom. The van der Waals surface area contributed by atoms with Crippen LogP contribution in [0, 0.1) is 0 Å². The highest BCUT2D eigenvalue weighted by molar-refractivity contribution is 8.00. The van der Waals surface area contributed by atoms with E-state index in [2.05, 4.69) is 34.0 Å². The number of carbonyl (C=O) groups is 1. The van der Waals surface area contributed by atoms with Crippen LogP contribution >= 0.6 is 11.9 Å². The summed E-state index contributed by atoms with van der Waals surface area (Å²) in [6.45, 7) is 4.49. The average molecular weight is 372 g/mol. The summed E-state index contributed by atoms with van der Waals surface area (Å²) >= 11 is 1.38. The number of likely N-dealkylation sites (N-methyl/N-ethyl adjacent to an activating group) is 1. The molecule has 2 aliphatic carbocycles. The van der Waals surface area contributed by atoms with E-state index in [0.717, 1.165) is 37.9 Å². The van der Waals surface area contributed by atoms with Gasteiger partial charge < -0.3 is 5.32 Å². The molecule has 26 heavy (non-hydrogen) atoms. The highest BCUT2D eigenvalue weighted by Gasteiger charge is 2.25. The van der Waals surface area contributed by atoms with Crippen molar-refractivity contribution in [1.82, 2.24) is 9.62 Å². The van der Waals surface area contributed by atoms with Gasteiger partial charge >= 0.3 is 6.03 Å². The van der Waals surface area contributed by atoms with Gasteiger partial charge in [-0.15, -0.1) is 0 Å². The molecule has 1 heterocycles. The Labute approximate surface area is 160 Å². The van der Waals surface area contributed by atoms with E-state index < -0.39 is 0 Å². The standard InChI is InChI=1S/C21H29N3OS/c1-2-24-12-5-8-17(24)11-13-26-23-21(25)22-20-18-9-3-6-15(18)14-16-7-4-10-19(16)20/h11,13-14,17H,2-10,12H2,1H3,(H2,22,23,25)/b13-11+. The lowest BCUT2D eigenvalue weighted by Gasteiger charge is -2.19. The quantitative estimate of drug-likeness (QED) is 0.753. The topological polar surface area (TPSA) is 44.4 Å². The van der Waals surface area contributed by atoms with Crippen LogP contribution in [-0.4, -0.2) is 30.1 Å². The number of urea groups is 1. The highest BCUT2D eigenvalue weighted by Crippen LogP contribution is 2.38. The van der Waals surface area contributed by atoms with Gasteiger partial charge in [-0.3, -0.25) is 9.62 Å². The molecule has 0 spiro atoms. The molecule has 1 aromatic carbocycles. The molecule has 0 radical (unpaired) electrons. The lowest BCUT2D eigenvalue weighted by atomic mass is 9.99. The molecule has 0 aromatic heterocycles. The van der Waals surface area contributed by atoms with Crippen LogP contribution in [0.5, 0.6) is 0 Å². The molecular formula is C21H29N3OS. The fourth-order valence-corrected chi connectivity index (χ4v) is 5.27. The van der Waals surface area contributed by atoms with Crippen LogP contribution in [0.15, 0.2) is 17.6 Å². The number of likely N-dealkylation sites (tertiary alicyclic amines) is 1. The molecule has 4 rings (SSSR count). The minimum Gasteiger partial charge on any atom is -0.307 e. The van der Waals surface area contributed by atoms with Crippen LogP contribution < -0.4 is 10.0 Å². The number of rotatable bonds is 5. The van der Waals surface area contributed by atoms with Crippen molar-refractivity contribution in [3.63, 3.8) is 0 Å². The number of anilines is 1. The molecule has 1 aliphatic heterocycles. The summed E-state index contributed by atoms with van der Waals surface area (Å²) < 4.78 is 2.93. The van der Waals surface area contributed by atoms with E-state index >= 15 is 0 Å². The Hall–Kier alpha value is -1.46. The molecule has 0 saturated carbocycles. The highest BCUT2D eigenvalue weighted by atomic mass is 32.2. The number of hydrogen-bond donors (Lipinski definition) is 2. The van der Waals surface area contributed by atoms with Crippen molar-refractivity contribution in [3.8, 4) is 0 Å². The number of carbonyl (C=O) groups excluding carboxylic acids is 1. The van der Waals surface area contributed by atoms with Crippen LogP contribution in [0.25, 0.3) is 0 Å². The first kappa shape index (κ1) is 17.9. The van der Waals surface area contributed by atoms with Gasteiger partial charge in [0.05, 0.1) is 0 Å². The zero-order chi connectivity index (χ0) is 17.9. The molecule has 1 saturated heterocycles. The molecule has 4 nitrogen and oxygen atoms in total. The molecule has 2 amide bonds. The summed E-state index contributed by atoms with van der Waals surface area (Å²) in [5, 5.41) is 5.20. The maximum Gasteiger partial charge on any atom is 0.329 e. The lowest BCUT2D eigenvalue weighted by Crippen LogP contribution is -2.27. The maximum absolute atomic E-state index is 12.4. The fourth-order valence-electron chi connectivity index (χ4n) is 4.79. The van der Waals surface area contributed by atoms with Crippen LogP contribution in [0.3, 0.4) is 0 Å². The Kier molecular flexibility index (Phi) is 5.55. The third kappa shape index (κ3) is 3.65. The maximum atomic E-state index is 12.4. The SMILES string of the molecule is CCN1CCCC1/C=C/SNC(=O)Nc1c2c(cc3c1CCC3)CCC2. The molecule has 140 valence electrons. The second kappa shape index (κ2) is 8.05. The summed E-state index contributed by atoms with van der Waals surface area (Å²) in [7, 11) is 0. The molecule has 2 N–H and O–H groups in total. The Morgan fingerprint density at radius 2 is 1.92 bits per heavy atom. The van der Waals surface area contributed by atoms with Crippen LogP contribution in [0.1, 0.15) is 54.9 Å². The molecule has 0 bridgehead atoms. The van der Waals surface area contributed by atoms with Crippen molar-refractivity contribution >= 4 is 23.7 Å². The number of amides is 2. The number of nitrogens with one attached hydrogen (secondary N) is 2. The normalized spacial score (nSPS) is 22.0. The number of hydrogen-bond acceptors (Lipinski definition) is 3. The smallest absolute Gasteiger partial charge is 0.307 e. The average Bonchev–Trinajstić information content (AvgIpc) is 3.38. The summed E-state index contributed by atoms with van der Waals surface area (Å²) in [6.07, 6.45) is 11.6. The first-order valence-electron chi connectivity index (χ1n) is 10.1. The predicted octanol–water partition coefficient (Wildman–Crippen LogP) is 4.43. The third-order valence-electron chi connectivity index (χ3n) is 6.05. The van der Waals surface area contributed by atoms with Crippen molar-refractivity contribution < 1.29 is 4.79 Å². The van der Waals surface area contributed by atoms with E-state index in [1.807, 2.05) is 5.41 Å². The minimum atomic E-state index is -0.104. The second-order valence-electron chi connectivity index (χ2n) is 7.57. The molecule has 1 unspecified atom stereocenters. The summed E-state index contributed by atoms with van der Waals surface area (Å²) in [6, 6.07) is 2.82. The lowest BCUT2D eigenvalue weighted by molar-refractivity contribution is 0.257. The molecule has 1 aromatic rings. The van der Waals surface area contributed by atoms with Crippen molar-refractivity contribution in [2.24, 2.45) is 0 Å². The minimum absolute atomic E-state index is 0.104. The molecule has 5 heteroatoms. The summed E-state index contributed by atoms with van der Waals surface area (Å²) in [4.78, 5) is 14.9. The number of benzene rings is 1. The largest absolute Gasteiger partial charge is 0.329 e. The molecule has 1 atom stereocenters. The van der Waals surface area contributed by atoms with Crippen LogP contribution in [0.2, 0.25) is 0 Å². The molecule has 3 aliphatic rings. The van der Waals surface area contributed by atoms with Crippen LogP contribution in [-0.2, 0) is 25.7 Å². The van der Waals surface area contributed by atoms with Crippen molar-refractivity contribution in [2.45, 2.75) is 64.3 Å². The fraction of sp³-hybridized carbons (Fsp3) is 0.571. The van der Waals surface area contributed by atoms with Gasteiger partial charge in [0.1, 0.15) is 0 Å². The van der Waals surface area contributed by atoms with Crippen molar-refractivity contribution in [3.05, 3.63) is 39.8 Å². The van der Waals surface area contributed by atoms with Gasteiger partial charge in [-0.25, -0.2) is 4.79 Å². The van der Waals surface area contributed by atoms with Gasteiger partial charge in [0.2, 0.25) is 0 Å². The predicted molar refractivity (Wildman–Crippen MR) is 110 cm³/mol. The number of fused-ring (bicyclic) bond motifs is 2. The zero-order valence-electron chi connectivity index (χ0n) is 15.6. The first-order chi connectivity index (χ1) is 12.8. The zero-order valence-corrected chi connectivity index (χ0v) is 16.5. The van der Waals surface area contributed by atoms with E-state index in [0.29, 0.717) is 6.04 Å². The summed E-state index contributed by atoms with van der Waals surface area (Å²) in [5.41, 5.74) is 6.78. The van der Waals surface area contributed by atoms with Gasteiger partial charge in [0, 0.05) is 11.7 Å². The van der Waals surface area contributed by atoms with Gasteiger partial charge in [0.25, 0.3) is 0 Å². The van der Waals surface area contributed by atoms with Gasteiger partial charge in [-0.1, -0.05) is 19.1 Å². The van der Waals surface area contributed by atoms with E-state index in [1.54, 1.807) is 0 Å². The third-order valence-corrected chi connectivity index (χ3v) is 6.65. The van der Waals surface area contributed by atoms with E-state index in [4.69, 9.17) is 0 Å². The van der Waals surface area contributed by atoms with E-state index in [9.17, 15) is 4.79 Å². The second-order valence-corrected chi connectivity index (χ2v) is 8.29. The summed E-state index contributed by atoms with van der Waals surface area (Å²) in [5.74, 6) is 0. The Bertz CT molecular complexity index is 683. The molecule has 1 fully saturated rings.